The molecular formula is C22H27FN2O3S. The molecule has 0 unspecified atom stereocenters. The number of fused-ring (bicyclic) bond motifs is 1. The Morgan fingerprint density at radius 3 is 2.69 bits per heavy atom. The van der Waals surface area contributed by atoms with Crippen molar-refractivity contribution >= 4 is 23.2 Å². The van der Waals surface area contributed by atoms with Gasteiger partial charge in [0.15, 0.2) is 0 Å². The van der Waals surface area contributed by atoms with Gasteiger partial charge in [-0.3, -0.25) is 9.59 Å². The zero-order valence-corrected chi connectivity index (χ0v) is 17.9. The second-order valence-electron chi connectivity index (χ2n) is 7.32. The lowest BCUT2D eigenvalue weighted by Crippen LogP contribution is -2.49. The molecule has 0 N–H and O–H groups in total. The highest BCUT2D eigenvalue weighted by atomic mass is 32.1. The summed E-state index contributed by atoms with van der Waals surface area (Å²) in [4.78, 5) is 29.9. The lowest BCUT2D eigenvalue weighted by Gasteiger charge is -2.37. The molecule has 1 aliphatic rings. The second kappa shape index (κ2) is 9.39. The summed E-state index contributed by atoms with van der Waals surface area (Å²) in [6.07, 6.45) is 1.59. The van der Waals surface area contributed by atoms with Crippen molar-refractivity contribution in [3.63, 3.8) is 0 Å². The summed E-state index contributed by atoms with van der Waals surface area (Å²) in [7, 11) is 0. The van der Waals surface area contributed by atoms with Crippen LogP contribution < -0.4 is 4.74 Å². The fraction of sp³-hybridized carbons (Fsp3) is 0.455. The van der Waals surface area contributed by atoms with Crippen LogP contribution in [0, 0.1) is 5.82 Å². The van der Waals surface area contributed by atoms with Crippen LogP contribution in [0.5, 0.6) is 5.75 Å². The number of benzene rings is 1. The van der Waals surface area contributed by atoms with Gasteiger partial charge in [0.2, 0.25) is 11.8 Å². The third-order valence-corrected chi connectivity index (χ3v) is 6.47. The Morgan fingerprint density at radius 2 is 2.03 bits per heavy atom. The molecule has 3 rings (SSSR count). The van der Waals surface area contributed by atoms with Gasteiger partial charge >= 0.3 is 0 Å². The minimum Gasteiger partial charge on any atom is -0.491 e. The summed E-state index contributed by atoms with van der Waals surface area (Å²) in [6.45, 7) is 6.40. The van der Waals surface area contributed by atoms with E-state index < -0.39 is 0 Å². The van der Waals surface area contributed by atoms with E-state index in [0.717, 1.165) is 18.4 Å². The van der Waals surface area contributed by atoms with Crippen molar-refractivity contribution in [1.82, 2.24) is 9.80 Å². The fourth-order valence-electron chi connectivity index (χ4n) is 3.62. The van der Waals surface area contributed by atoms with Crippen LogP contribution in [0.4, 0.5) is 4.39 Å². The summed E-state index contributed by atoms with van der Waals surface area (Å²) >= 11 is 1.69. The molecule has 1 aromatic carbocycles. The SMILES string of the molecule is CC[C@H](C)N(CC(=O)N1CCc2sccc2[C@@H]1COc1ccc(F)cc1)C(C)=O. The van der Waals surface area contributed by atoms with Crippen LogP contribution in [-0.2, 0) is 16.0 Å². The lowest BCUT2D eigenvalue weighted by atomic mass is 10.00. The predicted octanol–water partition coefficient (Wildman–Crippen LogP) is 4.04. The van der Waals surface area contributed by atoms with Gasteiger partial charge in [0.05, 0.1) is 12.6 Å². The third-order valence-electron chi connectivity index (χ3n) is 5.47. The zero-order valence-electron chi connectivity index (χ0n) is 17.1. The normalized spacial score (nSPS) is 16.8. The third kappa shape index (κ3) is 4.96. The number of rotatable bonds is 7. The highest BCUT2D eigenvalue weighted by Gasteiger charge is 2.33. The Bertz CT molecular complexity index is 852. The summed E-state index contributed by atoms with van der Waals surface area (Å²) < 4.78 is 19.0. The topological polar surface area (TPSA) is 49.9 Å². The summed E-state index contributed by atoms with van der Waals surface area (Å²) in [6, 6.07) is 7.69. The Morgan fingerprint density at radius 1 is 1.31 bits per heavy atom. The zero-order chi connectivity index (χ0) is 21.0. The number of hydrogen-bond donors (Lipinski definition) is 0. The van der Waals surface area contributed by atoms with Gasteiger partial charge < -0.3 is 14.5 Å². The van der Waals surface area contributed by atoms with E-state index in [4.69, 9.17) is 4.74 Å². The molecule has 2 amide bonds. The predicted molar refractivity (Wildman–Crippen MR) is 112 cm³/mol. The first-order valence-corrected chi connectivity index (χ1v) is 10.8. The van der Waals surface area contributed by atoms with Crippen LogP contribution in [0.3, 0.4) is 0 Å². The monoisotopic (exact) mass is 418 g/mol. The van der Waals surface area contributed by atoms with E-state index in [1.807, 2.05) is 30.2 Å². The van der Waals surface area contributed by atoms with Gasteiger partial charge in [0, 0.05) is 24.4 Å². The van der Waals surface area contributed by atoms with Crippen LogP contribution in [0.2, 0.25) is 0 Å². The van der Waals surface area contributed by atoms with Crippen LogP contribution in [-0.4, -0.2) is 47.4 Å². The maximum atomic E-state index is 13.2. The molecule has 0 saturated carbocycles. The minimum absolute atomic E-state index is 0.00636. The van der Waals surface area contributed by atoms with Crippen LogP contribution in [0.1, 0.15) is 43.7 Å². The molecule has 2 atom stereocenters. The lowest BCUT2D eigenvalue weighted by molar-refractivity contribution is -0.143. The van der Waals surface area contributed by atoms with Crippen molar-refractivity contribution < 1.29 is 18.7 Å². The molecule has 0 aliphatic carbocycles. The van der Waals surface area contributed by atoms with E-state index in [1.165, 1.54) is 23.9 Å². The van der Waals surface area contributed by atoms with Crippen LogP contribution in [0.25, 0.3) is 0 Å². The van der Waals surface area contributed by atoms with E-state index in [9.17, 15) is 14.0 Å². The van der Waals surface area contributed by atoms with Gasteiger partial charge in [-0.05, 0) is 61.0 Å². The molecule has 1 aromatic heterocycles. The van der Waals surface area contributed by atoms with Gasteiger partial charge in [0.25, 0.3) is 0 Å². The number of halogens is 1. The Hall–Kier alpha value is -2.41. The van der Waals surface area contributed by atoms with Crippen molar-refractivity contribution in [3.05, 3.63) is 52.0 Å². The molecular weight excluding hydrogens is 391 g/mol. The largest absolute Gasteiger partial charge is 0.491 e. The van der Waals surface area contributed by atoms with E-state index in [1.54, 1.807) is 28.4 Å². The average molecular weight is 419 g/mol. The van der Waals surface area contributed by atoms with Gasteiger partial charge in [-0.25, -0.2) is 4.39 Å². The number of ether oxygens (including phenoxy) is 1. The fourth-order valence-corrected chi connectivity index (χ4v) is 4.54. The molecule has 7 heteroatoms. The van der Waals surface area contributed by atoms with Gasteiger partial charge in [-0.2, -0.15) is 0 Å². The number of hydrogen-bond acceptors (Lipinski definition) is 4. The first-order chi connectivity index (χ1) is 13.9. The first kappa shape index (κ1) is 21.3. The maximum absolute atomic E-state index is 13.2. The quantitative estimate of drug-likeness (QED) is 0.682. The first-order valence-electron chi connectivity index (χ1n) is 9.92. The molecule has 2 heterocycles. The molecule has 156 valence electrons. The number of thiophene rings is 1. The number of carbonyl (C=O) groups is 2. The highest BCUT2D eigenvalue weighted by Crippen LogP contribution is 2.34. The van der Waals surface area contributed by atoms with Crippen molar-refractivity contribution in [1.29, 1.82) is 0 Å². The van der Waals surface area contributed by atoms with Crippen molar-refractivity contribution in [2.75, 3.05) is 19.7 Å². The molecule has 0 fully saturated rings. The standard InChI is InChI=1S/C22H27FN2O3S/c1-4-15(2)25(16(3)26)13-22(27)24-11-9-21-19(10-12-29-21)20(24)14-28-18-7-5-17(23)6-8-18/h5-8,10,12,15,20H,4,9,11,13-14H2,1-3H3/t15-,20-/m0/s1. The van der Waals surface area contributed by atoms with Gasteiger partial charge in [-0.1, -0.05) is 6.92 Å². The van der Waals surface area contributed by atoms with E-state index in [0.29, 0.717) is 12.3 Å². The van der Waals surface area contributed by atoms with Crippen molar-refractivity contribution in [3.8, 4) is 5.75 Å². The molecule has 0 saturated heterocycles. The summed E-state index contributed by atoms with van der Waals surface area (Å²) in [5, 5.41) is 2.03. The average Bonchev–Trinajstić information content (AvgIpc) is 3.19. The highest BCUT2D eigenvalue weighted by molar-refractivity contribution is 7.10. The Balaban J connectivity index is 1.77. The molecule has 29 heavy (non-hydrogen) atoms. The van der Waals surface area contributed by atoms with E-state index in [-0.39, 0.29) is 42.9 Å². The van der Waals surface area contributed by atoms with Crippen molar-refractivity contribution in [2.24, 2.45) is 0 Å². The molecule has 0 radical (unpaired) electrons. The van der Waals surface area contributed by atoms with Crippen molar-refractivity contribution in [2.45, 2.75) is 45.7 Å². The summed E-state index contributed by atoms with van der Waals surface area (Å²) in [5.74, 6) is 0.0672. The second-order valence-corrected chi connectivity index (χ2v) is 8.32. The number of carbonyl (C=O) groups excluding carboxylic acids is 2. The Kier molecular flexibility index (Phi) is 6.90. The summed E-state index contributed by atoms with van der Waals surface area (Å²) in [5.41, 5.74) is 1.09. The van der Waals surface area contributed by atoms with E-state index >= 15 is 0 Å². The molecule has 5 nitrogen and oxygen atoms in total. The molecule has 0 bridgehead atoms. The molecule has 2 aromatic rings. The Labute approximate surface area is 175 Å². The van der Waals surface area contributed by atoms with Gasteiger partial charge in [0.1, 0.15) is 18.2 Å². The van der Waals surface area contributed by atoms with Crippen LogP contribution in [0.15, 0.2) is 35.7 Å². The maximum Gasteiger partial charge on any atom is 0.242 e. The molecule has 1 aliphatic heterocycles. The smallest absolute Gasteiger partial charge is 0.242 e. The molecule has 0 spiro atoms. The number of amides is 2. The van der Waals surface area contributed by atoms with E-state index in [2.05, 4.69) is 0 Å². The number of nitrogens with zero attached hydrogens (tertiary/aromatic N) is 2. The van der Waals surface area contributed by atoms with Gasteiger partial charge in [-0.15, -0.1) is 11.3 Å². The minimum atomic E-state index is -0.318. The van der Waals surface area contributed by atoms with Crippen LogP contribution >= 0.6 is 11.3 Å².